The Hall–Kier alpha value is -3.66. The zero-order valence-corrected chi connectivity index (χ0v) is 20.9. The van der Waals surface area contributed by atoms with Crippen molar-refractivity contribution < 1.29 is 19.1 Å². The molecule has 1 aliphatic rings. The molecule has 0 spiro atoms. The van der Waals surface area contributed by atoms with E-state index in [1.807, 2.05) is 42.5 Å². The maximum absolute atomic E-state index is 13.2. The highest BCUT2D eigenvalue weighted by Crippen LogP contribution is 2.37. The average Bonchev–Trinajstić information content (AvgIpc) is 3.53. The Balaban J connectivity index is 1.34. The number of benzene rings is 3. The lowest BCUT2D eigenvalue weighted by Gasteiger charge is -2.18. The fraction of sp³-hybridized carbons (Fsp3) is 0.120. The van der Waals surface area contributed by atoms with Crippen molar-refractivity contribution in [3.63, 3.8) is 0 Å². The van der Waals surface area contributed by atoms with Crippen molar-refractivity contribution in [2.45, 2.75) is 12.5 Å². The molecule has 1 unspecified atom stereocenters. The minimum absolute atomic E-state index is 0.173. The lowest BCUT2D eigenvalue weighted by atomic mass is 10.0. The minimum Gasteiger partial charge on any atom is -0.454 e. The Morgan fingerprint density at radius 2 is 1.78 bits per heavy atom. The van der Waals surface area contributed by atoms with Gasteiger partial charge in [0.2, 0.25) is 17.8 Å². The first kappa shape index (κ1) is 24.1. The molecule has 36 heavy (non-hydrogen) atoms. The first-order chi connectivity index (χ1) is 17.5. The molecular formula is C25H18Cl2N4O4S. The lowest BCUT2D eigenvalue weighted by Crippen LogP contribution is -2.45. The standard InChI is InChI=1S/C25H18Cl2N4O4S/c26-16-7-8-17(18(27)12-16)22(32)28-19(10-14-4-2-1-3-5-14)23(33)29-25-31-30-24(36-25)15-6-9-20-21(11-15)35-13-34-20/h1-9,11-12,19H,10,13H2,(H,28,32)(H,29,31,33). The number of anilines is 1. The number of nitrogens with one attached hydrogen (secondary N) is 2. The Morgan fingerprint density at radius 3 is 2.58 bits per heavy atom. The number of nitrogens with zero attached hydrogens (tertiary/aromatic N) is 2. The van der Waals surface area contributed by atoms with Crippen LogP contribution in [0.4, 0.5) is 5.13 Å². The molecule has 1 aliphatic heterocycles. The number of halogens is 2. The second-order valence-corrected chi connectivity index (χ2v) is 9.63. The number of ether oxygens (including phenoxy) is 2. The Kier molecular flexibility index (Phi) is 7.04. The van der Waals surface area contributed by atoms with Crippen LogP contribution in [0.3, 0.4) is 0 Å². The van der Waals surface area contributed by atoms with E-state index in [0.29, 0.717) is 26.7 Å². The highest BCUT2D eigenvalue weighted by atomic mass is 35.5. The van der Waals surface area contributed by atoms with Crippen LogP contribution in [0, 0.1) is 0 Å². The molecule has 0 saturated heterocycles. The van der Waals surface area contributed by atoms with Gasteiger partial charge in [0, 0.05) is 17.0 Å². The summed E-state index contributed by atoms with van der Waals surface area (Å²) >= 11 is 13.3. The van der Waals surface area contributed by atoms with Crippen LogP contribution >= 0.6 is 34.5 Å². The summed E-state index contributed by atoms with van der Waals surface area (Å²) in [5.74, 6) is 0.355. The minimum atomic E-state index is -0.899. The fourth-order valence-electron chi connectivity index (χ4n) is 3.58. The van der Waals surface area contributed by atoms with E-state index in [-0.39, 0.29) is 23.8 Å². The first-order valence-electron chi connectivity index (χ1n) is 10.8. The van der Waals surface area contributed by atoms with Crippen LogP contribution in [-0.4, -0.2) is 34.8 Å². The van der Waals surface area contributed by atoms with E-state index in [4.69, 9.17) is 32.7 Å². The van der Waals surface area contributed by atoms with Crippen molar-refractivity contribution in [1.29, 1.82) is 0 Å². The largest absolute Gasteiger partial charge is 0.454 e. The van der Waals surface area contributed by atoms with Gasteiger partial charge in [-0.2, -0.15) is 0 Å². The number of hydrogen-bond donors (Lipinski definition) is 2. The number of aromatic nitrogens is 2. The van der Waals surface area contributed by atoms with E-state index in [1.54, 1.807) is 12.1 Å². The third kappa shape index (κ3) is 5.43. The van der Waals surface area contributed by atoms with Crippen molar-refractivity contribution >= 4 is 51.5 Å². The Morgan fingerprint density at radius 1 is 0.972 bits per heavy atom. The van der Waals surface area contributed by atoms with Gasteiger partial charge in [0.15, 0.2) is 11.5 Å². The third-order valence-electron chi connectivity index (χ3n) is 5.35. The van der Waals surface area contributed by atoms with Gasteiger partial charge in [0.05, 0.1) is 10.6 Å². The van der Waals surface area contributed by atoms with E-state index in [1.165, 1.54) is 23.5 Å². The predicted octanol–water partition coefficient (Wildman–Crippen LogP) is 5.22. The van der Waals surface area contributed by atoms with Crippen LogP contribution in [0.1, 0.15) is 15.9 Å². The van der Waals surface area contributed by atoms with Crippen LogP contribution in [0.15, 0.2) is 66.7 Å². The second-order valence-electron chi connectivity index (χ2n) is 7.81. The van der Waals surface area contributed by atoms with E-state index in [0.717, 1.165) is 11.1 Å². The van der Waals surface area contributed by atoms with Gasteiger partial charge in [0.1, 0.15) is 11.0 Å². The number of hydrogen-bond acceptors (Lipinski definition) is 7. The molecule has 5 rings (SSSR count). The molecule has 0 radical (unpaired) electrons. The van der Waals surface area contributed by atoms with E-state index in [9.17, 15) is 9.59 Å². The molecule has 4 aromatic rings. The predicted molar refractivity (Wildman–Crippen MR) is 138 cm³/mol. The van der Waals surface area contributed by atoms with E-state index < -0.39 is 17.9 Å². The van der Waals surface area contributed by atoms with Crippen LogP contribution in [0.2, 0.25) is 10.0 Å². The summed E-state index contributed by atoms with van der Waals surface area (Å²) in [6.45, 7) is 0.173. The first-order valence-corrected chi connectivity index (χ1v) is 12.4. The van der Waals surface area contributed by atoms with Crippen molar-refractivity contribution in [3.8, 4) is 22.1 Å². The molecule has 2 amide bonds. The molecule has 11 heteroatoms. The molecule has 0 bridgehead atoms. The summed E-state index contributed by atoms with van der Waals surface area (Å²) < 4.78 is 10.8. The maximum atomic E-state index is 13.2. The number of rotatable bonds is 7. The molecule has 2 N–H and O–H groups in total. The molecule has 182 valence electrons. The van der Waals surface area contributed by atoms with Crippen molar-refractivity contribution in [2.75, 3.05) is 12.1 Å². The molecule has 1 aromatic heterocycles. The van der Waals surface area contributed by atoms with Gasteiger partial charge in [0.25, 0.3) is 5.91 Å². The monoisotopic (exact) mass is 540 g/mol. The van der Waals surface area contributed by atoms with Gasteiger partial charge >= 0.3 is 0 Å². The molecule has 0 saturated carbocycles. The summed E-state index contributed by atoms with van der Waals surface area (Å²) in [6.07, 6.45) is 0.261. The van der Waals surface area contributed by atoms with Gasteiger partial charge in [-0.25, -0.2) is 0 Å². The van der Waals surface area contributed by atoms with Crippen LogP contribution in [0.25, 0.3) is 10.6 Å². The zero-order chi connectivity index (χ0) is 25.1. The van der Waals surface area contributed by atoms with E-state index in [2.05, 4.69) is 20.8 Å². The molecule has 8 nitrogen and oxygen atoms in total. The van der Waals surface area contributed by atoms with Crippen molar-refractivity contribution in [3.05, 3.63) is 87.9 Å². The lowest BCUT2D eigenvalue weighted by molar-refractivity contribution is -0.118. The SMILES string of the molecule is O=C(NC(Cc1ccccc1)C(=O)Nc1nnc(-c2ccc3c(c2)OCO3)s1)c1ccc(Cl)cc1Cl. The quantitative estimate of drug-likeness (QED) is 0.333. The number of carbonyl (C=O) groups excluding carboxylic acids is 2. The molecular weight excluding hydrogens is 523 g/mol. The van der Waals surface area contributed by atoms with Gasteiger partial charge < -0.3 is 14.8 Å². The van der Waals surface area contributed by atoms with Crippen LogP contribution in [-0.2, 0) is 11.2 Å². The molecule has 2 heterocycles. The molecule has 0 fully saturated rings. The van der Waals surface area contributed by atoms with Crippen molar-refractivity contribution in [2.24, 2.45) is 0 Å². The third-order valence-corrected chi connectivity index (χ3v) is 6.79. The smallest absolute Gasteiger partial charge is 0.253 e. The Bertz CT molecular complexity index is 1430. The summed E-state index contributed by atoms with van der Waals surface area (Å²) in [6, 6.07) is 18.5. The highest BCUT2D eigenvalue weighted by molar-refractivity contribution is 7.18. The molecule has 3 aromatic carbocycles. The summed E-state index contributed by atoms with van der Waals surface area (Å²) in [5.41, 5.74) is 1.87. The summed E-state index contributed by atoms with van der Waals surface area (Å²) in [7, 11) is 0. The average molecular weight is 541 g/mol. The van der Waals surface area contributed by atoms with Crippen LogP contribution in [0.5, 0.6) is 11.5 Å². The maximum Gasteiger partial charge on any atom is 0.253 e. The second kappa shape index (κ2) is 10.5. The topological polar surface area (TPSA) is 102 Å². The normalized spacial score (nSPS) is 12.7. The van der Waals surface area contributed by atoms with Gasteiger partial charge in [-0.3, -0.25) is 14.9 Å². The van der Waals surface area contributed by atoms with Gasteiger partial charge in [-0.05, 0) is 42.0 Å². The summed E-state index contributed by atoms with van der Waals surface area (Å²) in [4.78, 5) is 26.2. The zero-order valence-electron chi connectivity index (χ0n) is 18.5. The van der Waals surface area contributed by atoms with E-state index >= 15 is 0 Å². The number of fused-ring (bicyclic) bond motifs is 1. The highest BCUT2D eigenvalue weighted by Gasteiger charge is 2.25. The van der Waals surface area contributed by atoms with Gasteiger partial charge in [-0.1, -0.05) is 64.9 Å². The fourth-order valence-corrected chi connectivity index (χ4v) is 4.82. The van der Waals surface area contributed by atoms with Gasteiger partial charge in [-0.15, -0.1) is 10.2 Å². The number of amides is 2. The molecule has 0 aliphatic carbocycles. The van der Waals surface area contributed by atoms with Crippen LogP contribution < -0.4 is 20.1 Å². The van der Waals surface area contributed by atoms with Crippen molar-refractivity contribution in [1.82, 2.24) is 15.5 Å². The Labute approximate surface area is 220 Å². The number of carbonyl (C=O) groups is 2. The summed E-state index contributed by atoms with van der Waals surface area (Å²) in [5, 5.41) is 15.3. The molecule has 1 atom stereocenters.